The first-order chi connectivity index (χ1) is 26.2. The summed E-state index contributed by atoms with van der Waals surface area (Å²) in [5.74, 6) is 3.40. The first kappa shape index (κ1) is 33.1. The largest absolute Gasteiger partial charge is 0.310 e. The van der Waals surface area contributed by atoms with Crippen LogP contribution in [-0.4, -0.2) is 0 Å². The highest BCUT2D eigenvalue weighted by Gasteiger charge is 2.60. The van der Waals surface area contributed by atoms with Crippen LogP contribution in [0, 0.1) is 23.7 Å². The molecule has 4 saturated carbocycles. The SMILES string of the molecule is CC1(C)CCC(C)(C)c2cc(N(c3ccc(-c4ccc5c(c4)C4(c6ccccc6S5)C5CC6CC(C5)CC4C6)cc3)c3ccc4ccccc4c3)ccc21. The fraction of sp³-hybridized carbons (Fsp3) is 0.346. The average molecular weight is 722 g/mol. The number of nitrogens with zero attached hydrogens (tertiary/aromatic N) is 1. The Morgan fingerprint density at radius 2 is 1.06 bits per heavy atom. The van der Waals surface area contributed by atoms with Crippen molar-refractivity contribution in [3.05, 3.63) is 150 Å². The number of anilines is 3. The Hall–Kier alpha value is -4.27. The summed E-state index contributed by atoms with van der Waals surface area (Å²) >= 11 is 2.01. The molecule has 0 saturated heterocycles. The van der Waals surface area contributed by atoms with Crippen LogP contribution in [0.4, 0.5) is 17.1 Å². The number of hydrogen-bond acceptors (Lipinski definition) is 2. The third kappa shape index (κ3) is 4.91. The molecule has 1 aliphatic heterocycles. The number of rotatable bonds is 4. The quantitative estimate of drug-likeness (QED) is 0.178. The maximum atomic E-state index is 2.63. The third-order valence-electron chi connectivity index (χ3n) is 14.9. The molecule has 0 unspecified atom stereocenters. The predicted molar refractivity (Wildman–Crippen MR) is 228 cm³/mol. The van der Waals surface area contributed by atoms with Gasteiger partial charge >= 0.3 is 0 Å². The molecule has 6 aliphatic rings. The van der Waals surface area contributed by atoms with E-state index in [9.17, 15) is 0 Å². The van der Waals surface area contributed by atoms with Crippen molar-refractivity contribution in [1.82, 2.24) is 0 Å². The number of hydrogen-bond donors (Lipinski definition) is 0. The highest BCUT2D eigenvalue weighted by atomic mass is 32.2. The van der Waals surface area contributed by atoms with E-state index >= 15 is 0 Å². The summed E-state index contributed by atoms with van der Waals surface area (Å²) in [7, 11) is 0. The highest BCUT2D eigenvalue weighted by molar-refractivity contribution is 7.99. The molecule has 1 nitrogen and oxygen atoms in total. The van der Waals surface area contributed by atoms with Crippen LogP contribution in [0.5, 0.6) is 0 Å². The first-order valence-electron chi connectivity index (χ1n) is 20.6. The molecule has 4 bridgehead atoms. The Morgan fingerprint density at radius 1 is 0.463 bits per heavy atom. The van der Waals surface area contributed by atoms with E-state index in [-0.39, 0.29) is 16.2 Å². The van der Waals surface area contributed by atoms with Gasteiger partial charge in [0.25, 0.3) is 0 Å². The lowest BCUT2D eigenvalue weighted by atomic mass is 9.42. The standard InChI is InChI=1S/C52H51NS/c1-50(2)23-24-51(3,4)46-32-43(20-21-44(46)50)53(42-19-15-35-9-5-6-10-37(35)30-42)41-17-13-36(14-18-41)38-16-22-49-47(31-38)52(45-11-7-8-12-48(45)54-49)39-26-33-25-34(28-39)29-40(52)27-33/h5-22,30-34,39-40H,23-29H2,1-4H3. The van der Waals surface area contributed by atoms with Crippen LogP contribution < -0.4 is 4.90 Å². The van der Waals surface area contributed by atoms with E-state index in [1.54, 1.807) is 11.1 Å². The maximum absolute atomic E-state index is 2.63. The van der Waals surface area contributed by atoms with Gasteiger partial charge in [0.15, 0.2) is 0 Å². The molecular formula is C52H51NS. The summed E-state index contributed by atoms with van der Waals surface area (Å²) in [6.45, 7) is 9.71. The Morgan fingerprint density at radius 3 is 1.81 bits per heavy atom. The van der Waals surface area contributed by atoms with Gasteiger partial charge in [0.1, 0.15) is 0 Å². The Balaban J connectivity index is 1.02. The van der Waals surface area contributed by atoms with Crippen molar-refractivity contribution < 1.29 is 0 Å². The summed E-state index contributed by atoms with van der Waals surface area (Å²) in [4.78, 5) is 5.47. The second-order valence-corrected chi connectivity index (χ2v) is 20.0. The zero-order valence-electron chi connectivity index (χ0n) is 32.2. The highest BCUT2D eigenvalue weighted by Crippen LogP contribution is 2.69. The van der Waals surface area contributed by atoms with Crippen molar-refractivity contribution in [2.75, 3.05) is 4.90 Å². The van der Waals surface area contributed by atoms with E-state index in [1.165, 1.54) is 105 Å². The van der Waals surface area contributed by atoms with Gasteiger partial charge in [-0.25, -0.2) is 0 Å². The summed E-state index contributed by atoms with van der Waals surface area (Å²) in [5, 5.41) is 2.54. The minimum absolute atomic E-state index is 0.139. The zero-order valence-corrected chi connectivity index (χ0v) is 33.1. The normalized spacial score (nSPS) is 26.7. The van der Waals surface area contributed by atoms with Gasteiger partial charge in [0.2, 0.25) is 0 Å². The van der Waals surface area contributed by atoms with Crippen molar-refractivity contribution in [2.45, 2.75) is 98.7 Å². The van der Waals surface area contributed by atoms with Gasteiger partial charge in [-0.1, -0.05) is 112 Å². The lowest BCUT2D eigenvalue weighted by Crippen LogP contribution is -2.57. The maximum Gasteiger partial charge on any atom is 0.0468 e. The fourth-order valence-corrected chi connectivity index (χ4v) is 13.6. The van der Waals surface area contributed by atoms with Gasteiger partial charge in [-0.3, -0.25) is 0 Å². The van der Waals surface area contributed by atoms with Crippen molar-refractivity contribution in [1.29, 1.82) is 0 Å². The van der Waals surface area contributed by atoms with Crippen LogP contribution in [0.3, 0.4) is 0 Å². The average Bonchev–Trinajstić information content (AvgIpc) is 3.18. The molecule has 1 spiro atoms. The molecule has 4 fully saturated rings. The van der Waals surface area contributed by atoms with Crippen molar-refractivity contribution >= 4 is 39.6 Å². The van der Waals surface area contributed by atoms with E-state index in [4.69, 9.17) is 0 Å². The molecule has 2 heteroatoms. The van der Waals surface area contributed by atoms with E-state index in [0.717, 1.165) is 23.7 Å². The van der Waals surface area contributed by atoms with E-state index in [2.05, 4.69) is 160 Å². The van der Waals surface area contributed by atoms with Crippen molar-refractivity contribution in [3.63, 3.8) is 0 Å². The van der Waals surface area contributed by atoms with Crippen LogP contribution in [-0.2, 0) is 16.2 Å². The van der Waals surface area contributed by atoms with Crippen molar-refractivity contribution in [2.24, 2.45) is 23.7 Å². The smallest absolute Gasteiger partial charge is 0.0468 e. The van der Waals surface area contributed by atoms with Gasteiger partial charge in [-0.15, -0.1) is 0 Å². The fourth-order valence-electron chi connectivity index (χ4n) is 12.4. The minimum atomic E-state index is 0.139. The Bertz CT molecular complexity index is 2420. The summed E-state index contributed by atoms with van der Waals surface area (Å²) in [6.07, 6.45) is 9.54. The molecule has 0 atom stereocenters. The molecule has 0 amide bonds. The minimum Gasteiger partial charge on any atom is -0.310 e. The second kappa shape index (κ2) is 11.9. The second-order valence-electron chi connectivity index (χ2n) is 18.9. The van der Waals surface area contributed by atoms with E-state index < -0.39 is 0 Å². The topological polar surface area (TPSA) is 3.24 Å². The van der Waals surface area contributed by atoms with Gasteiger partial charge in [-0.05, 0) is 178 Å². The molecule has 0 aromatic heterocycles. The van der Waals surface area contributed by atoms with Crippen LogP contribution in [0.15, 0.2) is 137 Å². The molecule has 6 aromatic rings. The molecule has 12 rings (SSSR count). The van der Waals surface area contributed by atoms with Gasteiger partial charge in [0.05, 0.1) is 0 Å². The van der Waals surface area contributed by atoms with Gasteiger partial charge in [0, 0.05) is 32.3 Å². The van der Waals surface area contributed by atoms with E-state index in [0.29, 0.717) is 0 Å². The van der Waals surface area contributed by atoms with Crippen LogP contribution in [0.25, 0.3) is 21.9 Å². The van der Waals surface area contributed by atoms with Crippen molar-refractivity contribution in [3.8, 4) is 11.1 Å². The number of fused-ring (bicyclic) bond motifs is 4. The molecule has 270 valence electrons. The van der Waals surface area contributed by atoms with Gasteiger partial charge < -0.3 is 4.90 Å². The summed E-state index contributed by atoms with van der Waals surface area (Å²) < 4.78 is 0. The van der Waals surface area contributed by atoms with Gasteiger partial charge in [-0.2, -0.15) is 0 Å². The predicted octanol–water partition coefficient (Wildman–Crippen LogP) is 14.5. The Kier molecular flexibility index (Phi) is 7.27. The molecule has 6 aromatic carbocycles. The summed E-state index contributed by atoms with van der Waals surface area (Å²) in [5.41, 5.74) is 13.0. The molecule has 5 aliphatic carbocycles. The molecule has 0 radical (unpaired) electrons. The number of benzene rings is 6. The van der Waals surface area contributed by atoms with Crippen LogP contribution in [0.1, 0.15) is 94.9 Å². The van der Waals surface area contributed by atoms with E-state index in [1.807, 2.05) is 11.8 Å². The lowest BCUT2D eigenvalue weighted by molar-refractivity contribution is -0.0443. The lowest BCUT2D eigenvalue weighted by Gasteiger charge is -2.63. The zero-order chi connectivity index (χ0) is 36.4. The van der Waals surface area contributed by atoms with Crippen LogP contribution in [0.2, 0.25) is 0 Å². The first-order valence-corrected chi connectivity index (χ1v) is 21.5. The molecular weight excluding hydrogens is 671 g/mol. The monoisotopic (exact) mass is 721 g/mol. The third-order valence-corrected chi connectivity index (χ3v) is 16.1. The summed E-state index contributed by atoms with van der Waals surface area (Å²) in [6, 6.07) is 49.4. The van der Waals surface area contributed by atoms with Crippen LogP contribution >= 0.6 is 11.8 Å². The molecule has 54 heavy (non-hydrogen) atoms. The molecule has 1 heterocycles. The molecule has 0 N–H and O–H groups in total. The Labute approximate surface area is 326 Å².